The van der Waals surface area contributed by atoms with Crippen molar-refractivity contribution in [3.63, 3.8) is 0 Å². The van der Waals surface area contributed by atoms with Crippen LogP contribution in [0, 0.1) is 11.8 Å². The lowest BCUT2D eigenvalue weighted by molar-refractivity contribution is -0.144. The van der Waals surface area contributed by atoms with Crippen molar-refractivity contribution < 1.29 is 45.1 Å². The van der Waals surface area contributed by atoms with Gasteiger partial charge in [0, 0.05) is 25.5 Å². The number of hydrogen-bond donors (Lipinski definition) is 2. The first-order chi connectivity index (χ1) is 20.8. The molecule has 9 nitrogen and oxygen atoms in total. The Kier molecular flexibility index (Phi) is 8.97. The molecule has 2 aliphatic carbocycles. The van der Waals surface area contributed by atoms with Crippen molar-refractivity contribution in [1.29, 1.82) is 0 Å². The zero-order valence-corrected chi connectivity index (χ0v) is 23.2. The maximum Gasteiger partial charge on any atom is 0.389 e. The minimum Gasteiger partial charge on any atom is -0.433 e. The topological polar surface area (TPSA) is 111 Å². The lowest BCUT2D eigenvalue weighted by Crippen LogP contribution is -2.37. The highest BCUT2D eigenvalue weighted by atomic mass is 19.4. The van der Waals surface area contributed by atoms with E-state index in [1.165, 1.54) is 16.9 Å². The van der Waals surface area contributed by atoms with Crippen LogP contribution in [0.4, 0.5) is 30.7 Å². The van der Waals surface area contributed by atoms with Crippen LogP contribution in [0.5, 0.6) is 5.75 Å². The second-order valence-corrected chi connectivity index (χ2v) is 11.2. The Morgan fingerprint density at radius 3 is 2.36 bits per heavy atom. The van der Waals surface area contributed by atoms with E-state index < -0.39 is 74.2 Å². The second kappa shape index (κ2) is 12.6. The average Bonchev–Trinajstić information content (AvgIpc) is 3.71. The van der Waals surface area contributed by atoms with Crippen LogP contribution in [0.1, 0.15) is 85.1 Å². The van der Waals surface area contributed by atoms with Gasteiger partial charge in [0.05, 0.1) is 48.4 Å². The number of ether oxygens (including phenoxy) is 1. The van der Waals surface area contributed by atoms with E-state index in [4.69, 9.17) is 0 Å². The molecule has 2 N–H and O–H groups in total. The Morgan fingerprint density at radius 1 is 1.00 bits per heavy atom. The van der Waals surface area contributed by atoms with Gasteiger partial charge in [-0.1, -0.05) is 0 Å². The minimum atomic E-state index is -4.46. The summed E-state index contributed by atoms with van der Waals surface area (Å²) in [5.41, 5.74) is 1.06. The predicted octanol–water partition coefficient (Wildman–Crippen LogP) is 5.93. The third-order valence-electron chi connectivity index (χ3n) is 7.80. The van der Waals surface area contributed by atoms with E-state index in [-0.39, 0.29) is 30.1 Å². The van der Waals surface area contributed by atoms with Crippen molar-refractivity contribution in [2.24, 2.45) is 11.8 Å². The van der Waals surface area contributed by atoms with Crippen LogP contribution in [-0.2, 0) is 4.79 Å². The standard InChI is InChI=1S/C28H29F7N6O3/c29-26(30)44-19-9-18(11-36-13-19)25(43)40-24(16-3-6-27(31,32)7-4-16)20-14-41-21(38-20)10-17(12-37-41)23(15-1-2-15)39-22(42)5-8-28(33,34)35/h9-16,23-24,26H,1-8H2,(H,39,42)(H,40,43)/t23-,24+/m1/s1. The smallest absolute Gasteiger partial charge is 0.389 e. The first-order valence-electron chi connectivity index (χ1n) is 14.1. The van der Waals surface area contributed by atoms with E-state index in [1.54, 1.807) is 6.07 Å². The Labute approximate surface area is 246 Å². The van der Waals surface area contributed by atoms with Gasteiger partial charge in [0.2, 0.25) is 11.8 Å². The van der Waals surface area contributed by atoms with E-state index in [1.807, 2.05) is 0 Å². The molecule has 238 valence electrons. The van der Waals surface area contributed by atoms with E-state index >= 15 is 0 Å². The van der Waals surface area contributed by atoms with Gasteiger partial charge in [-0.2, -0.15) is 27.1 Å². The number of nitrogens with one attached hydrogen (secondary N) is 2. The van der Waals surface area contributed by atoms with Gasteiger partial charge in [-0.3, -0.25) is 14.6 Å². The summed E-state index contributed by atoms with van der Waals surface area (Å²) in [6.07, 6.45) is -0.329. The molecule has 0 aliphatic heterocycles. The first-order valence-corrected chi connectivity index (χ1v) is 14.1. The highest BCUT2D eigenvalue weighted by molar-refractivity contribution is 5.94. The quantitative estimate of drug-likeness (QED) is 0.254. The summed E-state index contributed by atoms with van der Waals surface area (Å²) in [6, 6.07) is 1.29. The molecular weight excluding hydrogens is 601 g/mol. The molecule has 0 spiro atoms. The highest BCUT2D eigenvalue weighted by Crippen LogP contribution is 2.43. The van der Waals surface area contributed by atoms with Gasteiger partial charge < -0.3 is 15.4 Å². The molecule has 0 radical (unpaired) electrons. The fourth-order valence-corrected chi connectivity index (χ4v) is 5.40. The second-order valence-electron chi connectivity index (χ2n) is 11.2. The molecule has 0 aromatic carbocycles. The third kappa shape index (κ3) is 8.14. The van der Waals surface area contributed by atoms with Crippen LogP contribution in [0.3, 0.4) is 0 Å². The van der Waals surface area contributed by atoms with Crippen molar-refractivity contribution in [2.45, 2.75) is 82.2 Å². The number of carbonyl (C=O) groups excluding carboxylic acids is 2. The summed E-state index contributed by atoms with van der Waals surface area (Å²) in [5.74, 6) is -5.03. The zero-order valence-electron chi connectivity index (χ0n) is 23.2. The summed E-state index contributed by atoms with van der Waals surface area (Å²) in [6.45, 7) is -3.13. The Morgan fingerprint density at radius 2 is 1.70 bits per heavy atom. The van der Waals surface area contributed by atoms with Crippen LogP contribution in [0.2, 0.25) is 0 Å². The SMILES string of the molecule is O=C(CCC(F)(F)F)N[C@@H](c1cnn2cc([C@@H](NC(=O)c3cncc(OC(F)F)c3)C3CCC(F)(F)CC3)nc2c1)C1CC1. The lowest BCUT2D eigenvalue weighted by atomic mass is 9.81. The van der Waals surface area contributed by atoms with Gasteiger partial charge in [0.1, 0.15) is 5.75 Å². The van der Waals surface area contributed by atoms with E-state index in [0.29, 0.717) is 16.9 Å². The first kappa shape index (κ1) is 31.4. The molecule has 2 amide bonds. The van der Waals surface area contributed by atoms with Crippen LogP contribution in [0.25, 0.3) is 5.65 Å². The highest BCUT2D eigenvalue weighted by Gasteiger charge is 2.40. The number of imidazole rings is 1. The summed E-state index contributed by atoms with van der Waals surface area (Å²) in [4.78, 5) is 33.8. The van der Waals surface area contributed by atoms with Crippen molar-refractivity contribution in [3.8, 4) is 5.75 Å². The maximum absolute atomic E-state index is 14.0. The van der Waals surface area contributed by atoms with Crippen LogP contribution in [-0.4, -0.2) is 50.1 Å². The van der Waals surface area contributed by atoms with Gasteiger partial charge in [0.15, 0.2) is 5.65 Å². The number of nitrogens with zero attached hydrogens (tertiary/aromatic N) is 4. The van der Waals surface area contributed by atoms with Crippen LogP contribution >= 0.6 is 0 Å². The van der Waals surface area contributed by atoms with E-state index in [0.717, 1.165) is 31.3 Å². The molecule has 0 bridgehead atoms. The molecule has 3 heterocycles. The number of pyridine rings is 1. The number of carbonyl (C=O) groups is 2. The molecule has 44 heavy (non-hydrogen) atoms. The van der Waals surface area contributed by atoms with Crippen molar-refractivity contribution in [3.05, 3.63) is 53.7 Å². The van der Waals surface area contributed by atoms with Gasteiger partial charge in [-0.25, -0.2) is 18.3 Å². The average molecular weight is 631 g/mol. The van der Waals surface area contributed by atoms with Crippen LogP contribution < -0.4 is 15.4 Å². The third-order valence-corrected chi connectivity index (χ3v) is 7.80. The molecule has 2 fully saturated rings. The molecule has 5 rings (SSSR count). The zero-order chi connectivity index (χ0) is 31.6. The van der Waals surface area contributed by atoms with Crippen molar-refractivity contribution in [2.75, 3.05) is 0 Å². The van der Waals surface area contributed by atoms with E-state index in [2.05, 4.69) is 30.4 Å². The van der Waals surface area contributed by atoms with E-state index in [9.17, 15) is 40.3 Å². The fraction of sp³-hybridized carbons (Fsp3) is 0.536. The molecule has 2 saturated carbocycles. The number of hydrogen-bond acceptors (Lipinski definition) is 6. The molecule has 2 atom stereocenters. The molecule has 2 aliphatic rings. The fourth-order valence-electron chi connectivity index (χ4n) is 5.40. The van der Waals surface area contributed by atoms with Gasteiger partial charge in [-0.15, -0.1) is 0 Å². The number of fused-ring (bicyclic) bond motifs is 1. The summed E-state index contributed by atoms with van der Waals surface area (Å²) in [7, 11) is 0. The Bertz CT molecular complexity index is 1480. The maximum atomic E-state index is 14.0. The summed E-state index contributed by atoms with van der Waals surface area (Å²) >= 11 is 0. The number of halogens is 7. The number of rotatable bonds is 11. The Hall–Kier alpha value is -3.98. The predicted molar refractivity (Wildman–Crippen MR) is 140 cm³/mol. The molecule has 3 aromatic heterocycles. The van der Waals surface area contributed by atoms with Crippen molar-refractivity contribution in [1.82, 2.24) is 30.2 Å². The number of alkyl halides is 7. The monoisotopic (exact) mass is 630 g/mol. The Balaban J connectivity index is 1.39. The number of aromatic nitrogens is 4. The molecular formula is C28H29F7N6O3. The molecule has 0 saturated heterocycles. The van der Waals surface area contributed by atoms with Gasteiger partial charge >= 0.3 is 12.8 Å². The van der Waals surface area contributed by atoms with Gasteiger partial charge in [-0.05, 0) is 55.2 Å². The molecule has 3 aromatic rings. The van der Waals surface area contributed by atoms with Crippen molar-refractivity contribution >= 4 is 17.5 Å². The summed E-state index contributed by atoms with van der Waals surface area (Å²) in [5, 5.41) is 9.81. The largest absolute Gasteiger partial charge is 0.433 e. The molecule has 0 unspecified atom stereocenters. The molecule has 16 heteroatoms. The van der Waals surface area contributed by atoms with Crippen LogP contribution in [0.15, 0.2) is 36.9 Å². The number of amides is 2. The summed E-state index contributed by atoms with van der Waals surface area (Å²) < 4.78 is 96.8. The van der Waals surface area contributed by atoms with Gasteiger partial charge in [0.25, 0.3) is 5.91 Å². The minimum absolute atomic E-state index is 0.0258. The lowest BCUT2D eigenvalue weighted by Gasteiger charge is -2.33. The normalized spacial score (nSPS) is 18.6.